The molecule has 0 spiro atoms. The second-order valence-electron chi connectivity index (χ2n) is 7.22. The van der Waals surface area contributed by atoms with Crippen LogP contribution < -0.4 is 10.2 Å². The third kappa shape index (κ3) is 4.27. The van der Waals surface area contributed by atoms with Gasteiger partial charge in [0.15, 0.2) is 0 Å². The number of benzene rings is 1. The standard InChI is InChI=1S/C22H18BrN7OS/c1-29(22-28-30-13-19(27-21(30)32-22)15-5-3-7-24-10-15)12-14-4-2-6-17(8-14)26-20(31)18-9-16(23)11-25-18/h2-11,13,25H,12H2,1H3,(H,26,31). The Hall–Kier alpha value is -3.50. The molecule has 5 rings (SSSR count). The van der Waals surface area contributed by atoms with Crippen molar-refractivity contribution in [1.82, 2.24) is 24.6 Å². The van der Waals surface area contributed by atoms with Crippen molar-refractivity contribution in [1.29, 1.82) is 0 Å². The van der Waals surface area contributed by atoms with Gasteiger partial charge in [0.25, 0.3) is 5.91 Å². The smallest absolute Gasteiger partial charge is 0.272 e. The van der Waals surface area contributed by atoms with Gasteiger partial charge in [-0.15, -0.1) is 5.10 Å². The van der Waals surface area contributed by atoms with Crippen molar-refractivity contribution in [3.63, 3.8) is 0 Å². The summed E-state index contributed by atoms with van der Waals surface area (Å²) >= 11 is 4.86. The fourth-order valence-corrected chi connectivity index (χ4v) is 4.47. The predicted octanol–water partition coefficient (Wildman–Crippen LogP) is 4.83. The number of H-pyrrole nitrogens is 1. The normalized spacial score (nSPS) is 11.1. The molecule has 5 aromatic rings. The zero-order valence-electron chi connectivity index (χ0n) is 17.0. The number of hydrogen-bond donors (Lipinski definition) is 2. The SMILES string of the molecule is CN(Cc1cccc(NC(=O)c2cc(Br)c[nH]2)c1)c1nn2cc(-c3cccnc3)nc2s1. The van der Waals surface area contributed by atoms with Crippen LogP contribution in [0.3, 0.4) is 0 Å². The highest BCUT2D eigenvalue weighted by Gasteiger charge is 2.14. The van der Waals surface area contributed by atoms with Crippen LogP contribution in [0.25, 0.3) is 16.2 Å². The number of halogens is 1. The summed E-state index contributed by atoms with van der Waals surface area (Å²) in [5, 5.41) is 8.45. The van der Waals surface area contributed by atoms with Crippen LogP contribution in [0.5, 0.6) is 0 Å². The molecular weight excluding hydrogens is 490 g/mol. The minimum Gasteiger partial charge on any atom is -0.356 e. The number of rotatable bonds is 6. The van der Waals surface area contributed by atoms with Gasteiger partial charge in [0.1, 0.15) is 5.69 Å². The largest absolute Gasteiger partial charge is 0.356 e. The molecule has 160 valence electrons. The lowest BCUT2D eigenvalue weighted by Gasteiger charge is -2.16. The summed E-state index contributed by atoms with van der Waals surface area (Å²) in [5.41, 5.74) is 4.11. The van der Waals surface area contributed by atoms with Crippen LogP contribution in [-0.4, -0.2) is 37.5 Å². The minimum absolute atomic E-state index is 0.188. The van der Waals surface area contributed by atoms with Gasteiger partial charge in [-0.05, 0) is 51.8 Å². The van der Waals surface area contributed by atoms with E-state index in [0.29, 0.717) is 12.2 Å². The molecule has 4 aromatic heterocycles. The number of pyridine rings is 1. The second kappa shape index (κ2) is 8.56. The number of aromatic nitrogens is 5. The van der Waals surface area contributed by atoms with Crippen LogP contribution in [0.15, 0.2) is 71.7 Å². The molecule has 0 atom stereocenters. The van der Waals surface area contributed by atoms with Crippen molar-refractivity contribution in [3.05, 3.63) is 83.0 Å². The summed E-state index contributed by atoms with van der Waals surface area (Å²) in [4.78, 5) is 27.0. The molecule has 1 amide bonds. The van der Waals surface area contributed by atoms with Gasteiger partial charge < -0.3 is 15.2 Å². The van der Waals surface area contributed by atoms with Gasteiger partial charge in [0.05, 0.1) is 11.9 Å². The van der Waals surface area contributed by atoms with E-state index in [1.807, 2.05) is 49.6 Å². The van der Waals surface area contributed by atoms with Gasteiger partial charge in [0, 0.05) is 47.9 Å². The number of carbonyl (C=O) groups is 1. The predicted molar refractivity (Wildman–Crippen MR) is 129 cm³/mol. The molecule has 0 saturated carbocycles. The first-order valence-corrected chi connectivity index (χ1v) is 11.4. The van der Waals surface area contributed by atoms with Crippen LogP contribution in [0, 0.1) is 0 Å². The van der Waals surface area contributed by atoms with E-state index in [1.165, 1.54) is 11.3 Å². The maximum absolute atomic E-state index is 12.4. The van der Waals surface area contributed by atoms with Crippen molar-refractivity contribution >= 4 is 49.0 Å². The molecule has 1 aromatic carbocycles. The number of anilines is 2. The Morgan fingerprint density at radius 1 is 1.28 bits per heavy atom. The molecule has 0 unspecified atom stereocenters. The Bertz CT molecular complexity index is 1360. The molecule has 4 heterocycles. The van der Waals surface area contributed by atoms with E-state index in [9.17, 15) is 4.79 Å². The van der Waals surface area contributed by atoms with E-state index in [-0.39, 0.29) is 5.91 Å². The Balaban J connectivity index is 1.29. The lowest BCUT2D eigenvalue weighted by Crippen LogP contribution is -2.17. The molecule has 0 aliphatic rings. The van der Waals surface area contributed by atoms with Gasteiger partial charge in [0.2, 0.25) is 10.1 Å². The van der Waals surface area contributed by atoms with E-state index >= 15 is 0 Å². The summed E-state index contributed by atoms with van der Waals surface area (Å²) in [5.74, 6) is -0.188. The average Bonchev–Trinajstić information content (AvgIpc) is 3.49. The monoisotopic (exact) mass is 507 g/mol. The lowest BCUT2D eigenvalue weighted by atomic mass is 10.2. The molecule has 10 heteroatoms. The first kappa shape index (κ1) is 20.4. The zero-order chi connectivity index (χ0) is 22.1. The quantitative estimate of drug-likeness (QED) is 0.343. The highest BCUT2D eigenvalue weighted by molar-refractivity contribution is 9.10. The van der Waals surface area contributed by atoms with E-state index in [4.69, 9.17) is 0 Å². The molecule has 0 aliphatic carbocycles. The molecule has 0 bridgehead atoms. The number of nitrogens with one attached hydrogen (secondary N) is 2. The summed E-state index contributed by atoms with van der Waals surface area (Å²) in [6.45, 7) is 0.643. The Labute approximate surface area is 196 Å². The lowest BCUT2D eigenvalue weighted by molar-refractivity contribution is 0.102. The first-order valence-electron chi connectivity index (χ1n) is 9.77. The number of imidazole rings is 1. The molecule has 0 aliphatic heterocycles. The third-order valence-electron chi connectivity index (χ3n) is 4.81. The van der Waals surface area contributed by atoms with Crippen molar-refractivity contribution in [2.75, 3.05) is 17.3 Å². The topological polar surface area (TPSA) is 91.2 Å². The summed E-state index contributed by atoms with van der Waals surface area (Å²) in [6, 6.07) is 13.4. The van der Waals surface area contributed by atoms with E-state index in [1.54, 1.807) is 29.2 Å². The number of amides is 1. The first-order chi connectivity index (χ1) is 15.5. The van der Waals surface area contributed by atoms with E-state index < -0.39 is 0 Å². The maximum atomic E-state index is 12.4. The number of hydrogen-bond acceptors (Lipinski definition) is 6. The van der Waals surface area contributed by atoms with Gasteiger partial charge in [-0.1, -0.05) is 23.5 Å². The molecule has 0 fully saturated rings. The van der Waals surface area contributed by atoms with E-state index in [0.717, 1.165) is 37.1 Å². The molecular formula is C22H18BrN7OS. The van der Waals surface area contributed by atoms with Crippen molar-refractivity contribution in [3.8, 4) is 11.3 Å². The highest BCUT2D eigenvalue weighted by Crippen LogP contribution is 2.27. The van der Waals surface area contributed by atoms with Crippen molar-refractivity contribution < 1.29 is 4.79 Å². The van der Waals surface area contributed by atoms with Gasteiger partial charge in [-0.3, -0.25) is 9.78 Å². The van der Waals surface area contributed by atoms with E-state index in [2.05, 4.69) is 46.2 Å². The second-order valence-corrected chi connectivity index (χ2v) is 9.07. The van der Waals surface area contributed by atoms with Crippen LogP contribution in [0.2, 0.25) is 0 Å². The van der Waals surface area contributed by atoms with Crippen molar-refractivity contribution in [2.45, 2.75) is 6.54 Å². The summed E-state index contributed by atoms with van der Waals surface area (Å²) in [6.07, 6.45) is 7.17. The fourth-order valence-electron chi connectivity index (χ4n) is 3.28. The third-order valence-corrected chi connectivity index (χ3v) is 6.31. The molecule has 8 nitrogen and oxygen atoms in total. The number of nitrogens with zero attached hydrogens (tertiary/aromatic N) is 5. The summed E-state index contributed by atoms with van der Waals surface area (Å²) < 4.78 is 2.63. The number of fused-ring (bicyclic) bond motifs is 1. The molecule has 0 saturated heterocycles. The van der Waals surface area contributed by atoms with Gasteiger partial charge >= 0.3 is 0 Å². The van der Waals surface area contributed by atoms with Gasteiger partial charge in [-0.2, -0.15) is 0 Å². The summed E-state index contributed by atoms with van der Waals surface area (Å²) in [7, 11) is 1.99. The minimum atomic E-state index is -0.188. The molecule has 0 radical (unpaired) electrons. The average molecular weight is 508 g/mol. The number of aromatic amines is 1. The van der Waals surface area contributed by atoms with Gasteiger partial charge in [-0.25, -0.2) is 9.50 Å². The van der Waals surface area contributed by atoms with Crippen LogP contribution >= 0.6 is 27.3 Å². The zero-order valence-corrected chi connectivity index (χ0v) is 19.4. The fraction of sp³-hybridized carbons (Fsp3) is 0.0909. The Morgan fingerprint density at radius 2 is 2.19 bits per heavy atom. The Morgan fingerprint density at radius 3 is 2.94 bits per heavy atom. The van der Waals surface area contributed by atoms with Crippen LogP contribution in [0.1, 0.15) is 16.1 Å². The number of carbonyl (C=O) groups excluding carboxylic acids is 1. The Kier molecular flexibility index (Phi) is 5.46. The van der Waals surface area contributed by atoms with Crippen molar-refractivity contribution in [2.24, 2.45) is 0 Å². The highest BCUT2D eigenvalue weighted by atomic mass is 79.9. The molecule has 2 N–H and O–H groups in total. The van der Waals surface area contributed by atoms with Crippen LogP contribution in [0.4, 0.5) is 10.8 Å². The molecule has 32 heavy (non-hydrogen) atoms. The van der Waals surface area contributed by atoms with Crippen LogP contribution in [-0.2, 0) is 6.54 Å². The maximum Gasteiger partial charge on any atom is 0.272 e.